The molecule has 0 spiro atoms. The van der Waals surface area contributed by atoms with Gasteiger partial charge in [-0.15, -0.1) is 11.3 Å². The van der Waals surface area contributed by atoms with E-state index in [0.29, 0.717) is 43.4 Å². The summed E-state index contributed by atoms with van der Waals surface area (Å²) >= 11 is 1.52. The van der Waals surface area contributed by atoms with Crippen LogP contribution in [-0.4, -0.2) is 56.1 Å². The maximum Gasteiger partial charge on any atom is 0.262 e. The van der Waals surface area contributed by atoms with Gasteiger partial charge in [0.05, 0.1) is 35.2 Å². The Bertz CT molecular complexity index is 1440. The summed E-state index contributed by atoms with van der Waals surface area (Å²) in [5.74, 6) is 0.482. The fourth-order valence-electron chi connectivity index (χ4n) is 4.20. The van der Waals surface area contributed by atoms with Gasteiger partial charge in [-0.25, -0.2) is 13.4 Å². The van der Waals surface area contributed by atoms with Crippen molar-refractivity contribution in [2.45, 2.75) is 31.2 Å². The number of ether oxygens (including phenoxy) is 2. The summed E-state index contributed by atoms with van der Waals surface area (Å²) < 4.78 is 40.3. The molecule has 2 aliphatic rings. The van der Waals surface area contributed by atoms with Crippen molar-refractivity contribution in [1.29, 1.82) is 0 Å². The van der Waals surface area contributed by atoms with Crippen LogP contribution in [0.4, 0.5) is 11.4 Å². The lowest BCUT2D eigenvalue weighted by atomic mass is 10.1. The highest BCUT2D eigenvalue weighted by atomic mass is 32.2. The lowest BCUT2D eigenvalue weighted by Gasteiger charge is -2.26. The number of nitrogens with one attached hydrogen (secondary N) is 1. The average Bonchev–Trinajstić information content (AvgIpc) is 3.32. The second kappa shape index (κ2) is 10.2. The van der Waals surface area contributed by atoms with Gasteiger partial charge in [0.15, 0.2) is 11.4 Å². The van der Waals surface area contributed by atoms with Gasteiger partial charge in [-0.1, -0.05) is 6.92 Å². The van der Waals surface area contributed by atoms with Crippen LogP contribution in [-0.2, 0) is 19.6 Å². The number of aromatic nitrogens is 1. The number of amides is 1. The third-order valence-electron chi connectivity index (χ3n) is 6.35. The van der Waals surface area contributed by atoms with E-state index in [2.05, 4.69) is 29.1 Å². The van der Waals surface area contributed by atoms with Crippen LogP contribution in [0.25, 0.3) is 11.3 Å². The van der Waals surface area contributed by atoms with Crippen LogP contribution in [0.3, 0.4) is 0 Å². The number of anilines is 1. The zero-order valence-corrected chi connectivity index (χ0v) is 21.8. The van der Waals surface area contributed by atoms with E-state index >= 15 is 0 Å². The molecule has 0 radical (unpaired) electrons. The molecule has 2 aromatic carbocycles. The smallest absolute Gasteiger partial charge is 0.262 e. The van der Waals surface area contributed by atoms with Gasteiger partial charge in [-0.2, -0.15) is 4.31 Å². The molecular formula is C25H28N4O5S2. The number of nitrogens with zero attached hydrogens (tertiary/aromatic N) is 3. The van der Waals surface area contributed by atoms with E-state index in [0.717, 1.165) is 22.5 Å². The van der Waals surface area contributed by atoms with Crippen molar-refractivity contribution in [2.24, 2.45) is 4.99 Å². The number of carbonyl (C=O) groups is 1. The van der Waals surface area contributed by atoms with E-state index in [9.17, 15) is 13.2 Å². The minimum Gasteiger partial charge on any atom is -0.482 e. The van der Waals surface area contributed by atoms with Crippen molar-refractivity contribution in [2.75, 3.05) is 38.2 Å². The molecule has 9 nitrogen and oxygen atoms in total. The fourth-order valence-corrected chi connectivity index (χ4v) is 6.63. The molecule has 1 N–H and O–H groups in total. The van der Waals surface area contributed by atoms with Gasteiger partial charge >= 0.3 is 0 Å². The number of morpholine rings is 1. The number of sulfonamides is 1. The number of benzene rings is 2. The van der Waals surface area contributed by atoms with Gasteiger partial charge < -0.3 is 19.4 Å². The largest absolute Gasteiger partial charge is 0.482 e. The molecule has 3 heterocycles. The van der Waals surface area contributed by atoms with Gasteiger partial charge in [0.25, 0.3) is 5.91 Å². The topological polar surface area (TPSA) is 102 Å². The maximum atomic E-state index is 12.9. The number of fused-ring (bicyclic) bond motifs is 1. The third kappa shape index (κ3) is 4.83. The SMILES string of the molecule is CCC(C)n1c(-c2ccc3c(c2)NC(=O)CO3)csc1=Nc1ccc(S(=O)(=O)N2CCOCC2)cc1. The van der Waals surface area contributed by atoms with E-state index in [1.165, 1.54) is 15.6 Å². The molecule has 5 rings (SSSR count). The van der Waals surface area contributed by atoms with Crippen molar-refractivity contribution in [3.63, 3.8) is 0 Å². The monoisotopic (exact) mass is 528 g/mol. The molecule has 3 aromatic rings. The van der Waals surface area contributed by atoms with Crippen LogP contribution in [0.15, 0.2) is 57.7 Å². The zero-order chi connectivity index (χ0) is 25.3. The van der Waals surface area contributed by atoms with Crippen LogP contribution >= 0.6 is 11.3 Å². The summed E-state index contributed by atoms with van der Waals surface area (Å²) in [4.78, 5) is 17.7. The molecule has 11 heteroatoms. The van der Waals surface area contributed by atoms with E-state index in [1.54, 1.807) is 24.3 Å². The highest BCUT2D eigenvalue weighted by Crippen LogP contribution is 2.34. The average molecular weight is 529 g/mol. The first-order chi connectivity index (χ1) is 17.4. The number of carbonyl (C=O) groups excluding carboxylic acids is 1. The molecular weight excluding hydrogens is 500 g/mol. The Morgan fingerprint density at radius 2 is 1.89 bits per heavy atom. The van der Waals surface area contributed by atoms with E-state index < -0.39 is 10.0 Å². The predicted molar refractivity (Wildman–Crippen MR) is 138 cm³/mol. The first-order valence-electron chi connectivity index (χ1n) is 11.9. The van der Waals surface area contributed by atoms with Crippen molar-refractivity contribution in [3.05, 3.63) is 52.6 Å². The van der Waals surface area contributed by atoms with Gasteiger partial charge in [0, 0.05) is 30.1 Å². The Hall–Kier alpha value is -2.99. The minimum absolute atomic E-state index is 0.0211. The Morgan fingerprint density at radius 1 is 1.14 bits per heavy atom. The van der Waals surface area contributed by atoms with Crippen LogP contribution < -0.4 is 14.9 Å². The van der Waals surface area contributed by atoms with Crippen LogP contribution in [0.2, 0.25) is 0 Å². The molecule has 2 aliphatic heterocycles. The van der Waals surface area contributed by atoms with Gasteiger partial charge in [0.2, 0.25) is 10.0 Å². The first kappa shape index (κ1) is 24.7. The lowest BCUT2D eigenvalue weighted by Crippen LogP contribution is -2.40. The van der Waals surface area contributed by atoms with Gasteiger partial charge in [0.1, 0.15) is 5.75 Å². The standard InChI is InChI=1S/C25H28N4O5S2/c1-3-17(2)29-22(18-4-9-23-21(14-18)27-24(30)15-34-23)16-35-25(29)26-19-5-7-20(8-6-19)36(31,32)28-10-12-33-13-11-28/h4-9,14,16-17H,3,10-13,15H2,1-2H3,(H,27,30). The highest BCUT2D eigenvalue weighted by molar-refractivity contribution is 7.89. The van der Waals surface area contributed by atoms with Gasteiger partial charge in [-0.05, 0) is 55.8 Å². The molecule has 1 fully saturated rings. The second-order valence-corrected chi connectivity index (χ2v) is 11.5. The lowest BCUT2D eigenvalue weighted by molar-refractivity contribution is -0.118. The molecule has 1 saturated heterocycles. The zero-order valence-electron chi connectivity index (χ0n) is 20.1. The highest BCUT2D eigenvalue weighted by Gasteiger charge is 2.26. The summed E-state index contributed by atoms with van der Waals surface area (Å²) in [6, 6.07) is 12.6. The second-order valence-electron chi connectivity index (χ2n) is 8.70. The molecule has 0 saturated carbocycles. The Morgan fingerprint density at radius 3 is 2.61 bits per heavy atom. The van der Waals surface area contributed by atoms with Crippen LogP contribution in [0, 0.1) is 0 Å². The third-order valence-corrected chi connectivity index (χ3v) is 9.10. The maximum absolute atomic E-state index is 12.9. The van der Waals surface area contributed by atoms with E-state index in [4.69, 9.17) is 14.5 Å². The van der Waals surface area contributed by atoms with Crippen molar-refractivity contribution < 1.29 is 22.7 Å². The Kier molecular flexibility index (Phi) is 6.98. The first-order valence-corrected chi connectivity index (χ1v) is 14.2. The van der Waals surface area contributed by atoms with E-state index in [1.807, 2.05) is 18.2 Å². The number of hydrogen-bond acceptors (Lipinski definition) is 7. The molecule has 0 aliphatic carbocycles. The summed E-state index contributed by atoms with van der Waals surface area (Å²) in [5, 5.41) is 4.92. The molecule has 1 aromatic heterocycles. The Labute approximate surface area is 214 Å². The molecule has 1 atom stereocenters. The molecule has 1 unspecified atom stereocenters. The number of rotatable bonds is 6. The fraction of sp³-hybridized carbons (Fsp3) is 0.360. The van der Waals surface area contributed by atoms with Crippen LogP contribution in [0.5, 0.6) is 5.75 Å². The summed E-state index contributed by atoms with van der Waals surface area (Å²) in [6.07, 6.45) is 0.901. The van der Waals surface area contributed by atoms with Crippen molar-refractivity contribution >= 4 is 38.6 Å². The predicted octanol–water partition coefficient (Wildman–Crippen LogP) is 3.77. The van der Waals surface area contributed by atoms with Crippen LogP contribution in [0.1, 0.15) is 26.3 Å². The molecule has 0 bridgehead atoms. The van der Waals surface area contributed by atoms with E-state index in [-0.39, 0.29) is 23.5 Å². The quantitative estimate of drug-likeness (QED) is 0.525. The normalized spacial score (nSPS) is 17.8. The molecule has 36 heavy (non-hydrogen) atoms. The number of thiazole rings is 1. The summed E-state index contributed by atoms with van der Waals surface area (Å²) in [5.41, 5.74) is 3.26. The summed E-state index contributed by atoms with van der Waals surface area (Å²) in [6.45, 7) is 5.82. The minimum atomic E-state index is -3.55. The molecule has 1 amide bonds. The van der Waals surface area contributed by atoms with Gasteiger partial charge in [-0.3, -0.25) is 4.79 Å². The summed E-state index contributed by atoms with van der Waals surface area (Å²) in [7, 11) is -3.55. The number of hydrogen-bond donors (Lipinski definition) is 1. The molecule has 190 valence electrons. The van der Waals surface area contributed by atoms with Crippen molar-refractivity contribution in [1.82, 2.24) is 8.87 Å². The Balaban J connectivity index is 1.49. The van der Waals surface area contributed by atoms with Crippen molar-refractivity contribution in [3.8, 4) is 17.0 Å².